The van der Waals surface area contributed by atoms with E-state index in [2.05, 4.69) is 65.0 Å². The summed E-state index contributed by atoms with van der Waals surface area (Å²) in [7, 11) is 1.82. The molecule has 0 heterocycles. The predicted octanol–water partition coefficient (Wildman–Crippen LogP) is 2.67. The summed E-state index contributed by atoms with van der Waals surface area (Å²) in [5.74, 6) is 1.37. The second-order valence-corrected chi connectivity index (χ2v) is 5.05. The Kier molecular flexibility index (Phi) is 5.01. The van der Waals surface area contributed by atoms with Gasteiger partial charge in [-0.05, 0) is 24.3 Å². The van der Waals surface area contributed by atoms with Crippen LogP contribution < -0.4 is 10.6 Å². The first-order valence-electron chi connectivity index (χ1n) is 6.96. The quantitative estimate of drug-likeness (QED) is 0.494. The van der Waals surface area contributed by atoms with Crippen LogP contribution in [-0.2, 0) is 0 Å². The zero-order valence-electron chi connectivity index (χ0n) is 11.8. The van der Waals surface area contributed by atoms with E-state index in [1.807, 2.05) is 7.05 Å². The van der Waals surface area contributed by atoms with Crippen LogP contribution >= 0.6 is 0 Å². The molecule has 0 aliphatic heterocycles. The Morgan fingerprint density at radius 3 is 2.58 bits per heavy atom. The lowest BCUT2D eigenvalue weighted by Gasteiger charge is -2.19. The number of benzene rings is 1. The zero-order valence-corrected chi connectivity index (χ0v) is 11.8. The SMILES string of the molecule is CN=C(NCC(C)c1ccccc1)NC1CC=CC1. The fourth-order valence-corrected chi connectivity index (χ4v) is 2.27. The molecule has 1 aromatic carbocycles. The highest BCUT2D eigenvalue weighted by Crippen LogP contribution is 2.13. The zero-order chi connectivity index (χ0) is 13.5. The highest BCUT2D eigenvalue weighted by atomic mass is 15.2. The number of hydrogen-bond donors (Lipinski definition) is 2. The fraction of sp³-hybridized carbons (Fsp3) is 0.438. The van der Waals surface area contributed by atoms with Gasteiger partial charge >= 0.3 is 0 Å². The first-order chi connectivity index (χ1) is 9.29. The Hall–Kier alpha value is -1.77. The largest absolute Gasteiger partial charge is 0.356 e. The summed E-state index contributed by atoms with van der Waals surface area (Å²) in [4.78, 5) is 4.28. The van der Waals surface area contributed by atoms with Crippen LogP contribution in [0.4, 0.5) is 0 Å². The number of hydrogen-bond acceptors (Lipinski definition) is 1. The molecule has 1 unspecified atom stereocenters. The molecule has 0 amide bonds. The van der Waals surface area contributed by atoms with Gasteiger partial charge in [-0.3, -0.25) is 4.99 Å². The van der Waals surface area contributed by atoms with Gasteiger partial charge in [0.15, 0.2) is 5.96 Å². The van der Waals surface area contributed by atoms with Crippen molar-refractivity contribution in [2.45, 2.75) is 31.7 Å². The number of rotatable bonds is 4. The maximum absolute atomic E-state index is 4.28. The van der Waals surface area contributed by atoms with Crippen LogP contribution in [0.15, 0.2) is 47.5 Å². The molecule has 0 fully saturated rings. The Morgan fingerprint density at radius 2 is 1.95 bits per heavy atom. The monoisotopic (exact) mass is 257 g/mol. The Balaban J connectivity index is 1.79. The van der Waals surface area contributed by atoms with Crippen LogP contribution in [0.2, 0.25) is 0 Å². The summed E-state index contributed by atoms with van der Waals surface area (Å²) in [5.41, 5.74) is 1.35. The van der Waals surface area contributed by atoms with E-state index in [1.54, 1.807) is 0 Å². The minimum absolute atomic E-state index is 0.474. The van der Waals surface area contributed by atoms with Gasteiger partial charge in [-0.2, -0.15) is 0 Å². The molecule has 1 aromatic rings. The maximum Gasteiger partial charge on any atom is 0.191 e. The number of guanidine groups is 1. The number of aliphatic imine (C=N–C) groups is 1. The molecular formula is C16H23N3. The van der Waals surface area contributed by atoms with E-state index in [0.29, 0.717) is 12.0 Å². The normalized spacial score (nSPS) is 17.5. The van der Waals surface area contributed by atoms with Gasteiger partial charge in [0.25, 0.3) is 0 Å². The number of nitrogens with zero attached hydrogens (tertiary/aromatic N) is 1. The highest BCUT2D eigenvalue weighted by Gasteiger charge is 2.12. The average Bonchev–Trinajstić information content (AvgIpc) is 2.97. The molecule has 0 radical (unpaired) electrons. The van der Waals surface area contributed by atoms with E-state index in [4.69, 9.17) is 0 Å². The van der Waals surface area contributed by atoms with E-state index in [1.165, 1.54) is 5.56 Å². The lowest BCUT2D eigenvalue weighted by Crippen LogP contribution is -2.43. The first-order valence-corrected chi connectivity index (χ1v) is 6.96. The van der Waals surface area contributed by atoms with Crippen molar-refractivity contribution in [2.24, 2.45) is 4.99 Å². The molecule has 1 aliphatic rings. The average molecular weight is 257 g/mol. The van der Waals surface area contributed by atoms with Crippen molar-refractivity contribution in [3.8, 4) is 0 Å². The molecule has 2 rings (SSSR count). The third-order valence-corrected chi connectivity index (χ3v) is 3.52. The summed E-state index contributed by atoms with van der Waals surface area (Å²) in [6, 6.07) is 11.1. The summed E-state index contributed by atoms with van der Waals surface area (Å²) in [5, 5.41) is 6.85. The van der Waals surface area contributed by atoms with E-state index in [9.17, 15) is 0 Å². The minimum atomic E-state index is 0.474. The minimum Gasteiger partial charge on any atom is -0.356 e. The molecule has 1 atom stereocenters. The maximum atomic E-state index is 4.28. The molecule has 0 aromatic heterocycles. The van der Waals surface area contributed by atoms with Crippen LogP contribution in [0, 0.1) is 0 Å². The molecule has 0 saturated carbocycles. The first kappa shape index (κ1) is 13.7. The third-order valence-electron chi connectivity index (χ3n) is 3.52. The molecular weight excluding hydrogens is 234 g/mol. The van der Waals surface area contributed by atoms with Crippen LogP contribution in [0.1, 0.15) is 31.2 Å². The van der Waals surface area contributed by atoms with Crippen LogP contribution in [-0.4, -0.2) is 25.6 Å². The lowest BCUT2D eigenvalue weighted by atomic mass is 10.0. The molecule has 19 heavy (non-hydrogen) atoms. The van der Waals surface area contributed by atoms with Gasteiger partial charge in [-0.25, -0.2) is 0 Å². The van der Waals surface area contributed by atoms with Crippen molar-refractivity contribution in [3.63, 3.8) is 0 Å². The third kappa shape index (κ3) is 4.12. The van der Waals surface area contributed by atoms with E-state index in [-0.39, 0.29) is 0 Å². The second kappa shape index (κ2) is 6.98. The van der Waals surface area contributed by atoms with E-state index >= 15 is 0 Å². The van der Waals surface area contributed by atoms with Crippen molar-refractivity contribution < 1.29 is 0 Å². The van der Waals surface area contributed by atoms with Gasteiger partial charge in [0.1, 0.15) is 0 Å². The van der Waals surface area contributed by atoms with Crippen molar-refractivity contribution in [2.75, 3.05) is 13.6 Å². The van der Waals surface area contributed by atoms with Gasteiger partial charge < -0.3 is 10.6 Å². The summed E-state index contributed by atoms with van der Waals surface area (Å²) >= 11 is 0. The van der Waals surface area contributed by atoms with E-state index in [0.717, 1.165) is 25.3 Å². The standard InChI is InChI=1S/C16H23N3/c1-13(14-8-4-3-5-9-14)12-18-16(17-2)19-15-10-6-7-11-15/h3-9,13,15H,10-12H2,1-2H3,(H2,17,18,19). The Bertz CT molecular complexity index is 429. The lowest BCUT2D eigenvalue weighted by molar-refractivity contribution is 0.621. The summed E-state index contributed by atoms with van der Waals surface area (Å²) in [6.45, 7) is 3.12. The molecule has 0 bridgehead atoms. The Labute approximate surface area is 115 Å². The highest BCUT2D eigenvalue weighted by molar-refractivity contribution is 5.80. The van der Waals surface area contributed by atoms with Gasteiger partial charge in [0, 0.05) is 19.6 Å². The van der Waals surface area contributed by atoms with Gasteiger partial charge in [0.2, 0.25) is 0 Å². The second-order valence-electron chi connectivity index (χ2n) is 5.05. The molecule has 0 spiro atoms. The van der Waals surface area contributed by atoms with Crippen LogP contribution in [0.3, 0.4) is 0 Å². The van der Waals surface area contributed by atoms with Crippen molar-refractivity contribution in [1.82, 2.24) is 10.6 Å². The van der Waals surface area contributed by atoms with Gasteiger partial charge in [0.05, 0.1) is 0 Å². The van der Waals surface area contributed by atoms with Gasteiger partial charge in [-0.1, -0.05) is 49.4 Å². The van der Waals surface area contributed by atoms with Gasteiger partial charge in [-0.15, -0.1) is 0 Å². The molecule has 0 saturated heterocycles. The number of nitrogens with one attached hydrogen (secondary N) is 2. The summed E-state index contributed by atoms with van der Waals surface area (Å²) in [6.07, 6.45) is 6.62. The van der Waals surface area contributed by atoms with Crippen molar-refractivity contribution in [1.29, 1.82) is 0 Å². The van der Waals surface area contributed by atoms with Crippen LogP contribution in [0.5, 0.6) is 0 Å². The fourth-order valence-electron chi connectivity index (χ4n) is 2.27. The van der Waals surface area contributed by atoms with Crippen molar-refractivity contribution >= 4 is 5.96 Å². The van der Waals surface area contributed by atoms with E-state index < -0.39 is 0 Å². The molecule has 3 nitrogen and oxygen atoms in total. The molecule has 3 heteroatoms. The Morgan fingerprint density at radius 1 is 1.26 bits per heavy atom. The molecule has 1 aliphatic carbocycles. The van der Waals surface area contributed by atoms with Crippen molar-refractivity contribution in [3.05, 3.63) is 48.0 Å². The summed E-state index contributed by atoms with van der Waals surface area (Å²) < 4.78 is 0. The molecule has 2 N–H and O–H groups in total. The smallest absolute Gasteiger partial charge is 0.191 e. The van der Waals surface area contributed by atoms with Crippen LogP contribution in [0.25, 0.3) is 0 Å². The predicted molar refractivity (Wildman–Crippen MR) is 81.5 cm³/mol. The topological polar surface area (TPSA) is 36.4 Å². The molecule has 102 valence electrons.